The molecule has 2 unspecified atom stereocenters. The molecule has 2 aliphatic heterocycles. The van der Waals surface area contributed by atoms with Gasteiger partial charge in [0.05, 0.1) is 0 Å². The van der Waals surface area contributed by atoms with E-state index in [0.717, 1.165) is 12.0 Å². The van der Waals surface area contributed by atoms with Crippen LogP contribution in [0.2, 0.25) is 0 Å². The summed E-state index contributed by atoms with van der Waals surface area (Å²) in [5.74, 6) is 0.791. The third-order valence-electron chi connectivity index (χ3n) is 3.41. The maximum atomic E-state index is 6.06. The third kappa shape index (κ3) is 1.30. The predicted octanol–water partition coefficient (Wildman–Crippen LogP) is 0.818. The molecular formula is C9H18N2. The Kier molecular flexibility index (Phi) is 1.90. The quantitative estimate of drug-likeness (QED) is 0.559. The fraction of sp³-hybridized carbons (Fsp3) is 1.00. The molecule has 3 atom stereocenters. The van der Waals surface area contributed by atoms with Crippen molar-refractivity contribution < 1.29 is 0 Å². The second-order valence-electron chi connectivity index (χ2n) is 4.18. The topological polar surface area (TPSA) is 29.3 Å². The van der Waals surface area contributed by atoms with Crippen LogP contribution in [0.3, 0.4) is 0 Å². The average Bonchev–Trinajstić information content (AvgIpc) is 2.21. The molecule has 3 fully saturated rings. The van der Waals surface area contributed by atoms with Crippen LogP contribution < -0.4 is 5.73 Å². The van der Waals surface area contributed by atoms with E-state index in [1.165, 1.54) is 32.2 Å². The van der Waals surface area contributed by atoms with Gasteiger partial charge in [0.2, 0.25) is 0 Å². The Balaban J connectivity index is 2.12. The first kappa shape index (κ1) is 7.56. The smallest absolute Gasteiger partial charge is 0.0107 e. The Bertz CT molecular complexity index is 130. The molecule has 0 aromatic carbocycles. The van der Waals surface area contributed by atoms with Crippen molar-refractivity contribution in [3.8, 4) is 0 Å². The van der Waals surface area contributed by atoms with Gasteiger partial charge in [0, 0.05) is 18.6 Å². The van der Waals surface area contributed by atoms with E-state index < -0.39 is 0 Å². The number of hydrogen-bond acceptors (Lipinski definition) is 2. The van der Waals surface area contributed by atoms with Gasteiger partial charge in [0.25, 0.3) is 0 Å². The van der Waals surface area contributed by atoms with E-state index in [1.54, 1.807) is 0 Å². The molecule has 2 bridgehead atoms. The second-order valence-corrected chi connectivity index (χ2v) is 4.18. The fourth-order valence-corrected chi connectivity index (χ4v) is 2.60. The maximum Gasteiger partial charge on any atom is 0.0107 e. The lowest BCUT2D eigenvalue weighted by molar-refractivity contribution is 0.138. The highest BCUT2D eigenvalue weighted by Crippen LogP contribution is 2.31. The van der Waals surface area contributed by atoms with Crippen LogP contribution in [0.5, 0.6) is 0 Å². The number of piperidine rings is 1. The zero-order valence-corrected chi connectivity index (χ0v) is 7.29. The molecule has 0 radical (unpaired) electrons. The van der Waals surface area contributed by atoms with Crippen molar-refractivity contribution in [2.45, 2.75) is 37.8 Å². The molecule has 2 nitrogen and oxygen atoms in total. The van der Waals surface area contributed by atoms with Crippen LogP contribution in [0, 0.1) is 5.92 Å². The molecule has 0 spiro atoms. The van der Waals surface area contributed by atoms with Gasteiger partial charge in [-0.3, -0.25) is 0 Å². The summed E-state index contributed by atoms with van der Waals surface area (Å²) >= 11 is 0. The molecule has 2 heteroatoms. The molecule has 2 N–H and O–H groups in total. The molecule has 0 aromatic rings. The molecule has 3 aliphatic rings. The van der Waals surface area contributed by atoms with E-state index in [2.05, 4.69) is 11.9 Å². The molecule has 2 saturated heterocycles. The molecule has 0 amide bonds. The Morgan fingerprint density at radius 1 is 1.36 bits per heavy atom. The zero-order valence-electron chi connectivity index (χ0n) is 7.29. The maximum absolute atomic E-state index is 6.06. The predicted molar refractivity (Wildman–Crippen MR) is 46.4 cm³/mol. The Labute approximate surface area is 68.7 Å². The van der Waals surface area contributed by atoms with Crippen molar-refractivity contribution in [3.05, 3.63) is 0 Å². The van der Waals surface area contributed by atoms with E-state index in [-0.39, 0.29) is 0 Å². The standard InChI is InChI=1S/C9H18N2/c1-11-6-7-3-2-4-8(11)5-9(7)10/h7-9H,2-6,10H2,1H3/t7?,8-,9?/m0/s1. The lowest BCUT2D eigenvalue weighted by atomic mass is 9.90. The summed E-state index contributed by atoms with van der Waals surface area (Å²) in [4.78, 5) is 2.50. The summed E-state index contributed by atoms with van der Waals surface area (Å²) in [6.45, 7) is 1.24. The molecule has 3 rings (SSSR count). The Morgan fingerprint density at radius 2 is 2.18 bits per heavy atom. The average molecular weight is 154 g/mol. The van der Waals surface area contributed by atoms with Crippen LogP contribution >= 0.6 is 0 Å². The number of hydrogen-bond donors (Lipinski definition) is 1. The fourth-order valence-electron chi connectivity index (χ4n) is 2.60. The molecule has 2 heterocycles. The van der Waals surface area contributed by atoms with Crippen LogP contribution in [0.4, 0.5) is 0 Å². The van der Waals surface area contributed by atoms with Gasteiger partial charge in [0.1, 0.15) is 0 Å². The van der Waals surface area contributed by atoms with E-state index in [1.807, 2.05) is 0 Å². The van der Waals surface area contributed by atoms with Gasteiger partial charge < -0.3 is 10.6 Å². The normalized spacial score (nSPS) is 45.8. The van der Waals surface area contributed by atoms with Crippen molar-refractivity contribution in [1.29, 1.82) is 0 Å². The van der Waals surface area contributed by atoms with Gasteiger partial charge in [0.15, 0.2) is 0 Å². The van der Waals surface area contributed by atoms with Gasteiger partial charge in [-0.1, -0.05) is 6.42 Å². The van der Waals surface area contributed by atoms with Crippen molar-refractivity contribution in [2.75, 3.05) is 13.6 Å². The SMILES string of the molecule is CN1CC2CCC[C@H]1CC2N. The minimum absolute atomic E-state index is 0.499. The Morgan fingerprint density at radius 3 is 3.00 bits per heavy atom. The highest BCUT2D eigenvalue weighted by atomic mass is 15.1. The van der Waals surface area contributed by atoms with Crippen LogP contribution in [0.15, 0.2) is 0 Å². The monoisotopic (exact) mass is 154 g/mol. The summed E-state index contributed by atoms with van der Waals surface area (Å²) < 4.78 is 0. The summed E-state index contributed by atoms with van der Waals surface area (Å²) in [5, 5.41) is 0. The lowest BCUT2D eigenvalue weighted by Crippen LogP contribution is -2.48. The van der Waals surface area contributed by atoms with Crippen molar-refractivity contribution in [3.63, 3.8) is 0 Å². The largest absolute Gasteiger partial charge is 0.327 e. The summed E-state index contributed by atoms with van der Waals surface area (Å²) in [6, 6.07) is 1.29. The minimum atomic E-state index is 0.499. The first-order valence-electron chi connectivity index (χ1n) is 4.73. The Hall–Kier alpha value is -0.0800. The summed E-state index contributed by atoms with van der Waals surface area (Å²) in [5.41, 5.74) is 6.06. The van der Waals surface area contributed by atoms with Gasteiger partial charge >= 0.3 is 0 Å². The van der Waals surface area contributed by atoms with Gasteiger partial charge in [-0.05, 0) is 32.2 Å². The number of nitrogens with two attached hydrogens (primary N) is 1. The number of nitrogens with zero attached hydrogens (tertiary/aromatic N) is 1. The van der Waals surface area contributed by atoms with E-state index in [4.69, 9.17) is 5.73 Å². The zero-order chi connectivity index (χ0) is 7.84. The van der Waals surface area contributed by atoms with Crippen LogP contribution in [-0.4, -0.2) is 30.6 Å². The summed E-state index contributed by atoms with van der Waals surface area (Å²) in [7, 11) is 2.24. The molecular weight excluding hydrogens is 136 g/mol. The van der Waals surface area contributed by atoms with E-state index in [0.29, 0.717) is 6.04 Å². The van der Waals surface area contributed by atoms with Crippen LogP contribution in [0.1, 0.15) is 25.7 Å². The highest BCUT2D eigenvalue weighted by molar-refractivity contribution is 4.91. The highest BCUT2D eigenvalue weighted by Gasteiger charge is 2.33. The van der Waals surface area contributed by atoms with Crippen LogP contribution in [-0.2, 0) is 0 Å². The van der Waals surface area contributed by atoms with Gasteiger partial charge in [-0.15, -0.1) is 0 Å². The molecule has 64 valence electrons. The van der Waals surface area contributed by atoms with Crippen molar-refractivity contribution >= 4 is 0 Å². The molecule has 11 heavy (non-hydrogen) atoms. The van der Waals surface area contributed by atoms with E-state index in [9.17, 15) is 0 Å². The lowest BCUT2D eigenvalue weighted by Gasteiger charge is -2.37. The van der Waals surface area contributed by atoms with Gasteiger partial charge in [-0.2, -0.15) is 0 Å². The van der Waals surface area contributed by atoms with Gasteiger partial charge in [-0.25, -0.2) is 0 Å². The molecule has 1 saturated carbocycles. The molecule has 0 aromatic heterocycles. The van der Waals surface area contributed by atoms with E-state index >= 15 is 0 Å². The first-order valence-corrected chi connectivity index (χ1v) is 4.73. The number of rotatable bonds is 0. The number of fused-ring (bicyclic) bond motifs is 4. The van der Waals surface area contributed by atoms with Crippen molar-refractivity contribution in [1.82, 2.24) is 4.90 Å². The molecule has 1 aliphatic carbocycles. The third-order valence-corrected chi connectivity index (χ3v) is 3.41. The van der Waals surface area contributed by atoms with Crippen molar-refractivity contribution in [2.24, 2.45) is 11.7 Å². The second kappa shape index (κ2) is 2.76. The first-order chi connectivity index (χ1) is 5.27. The minimum Gasteiger partial charge on any atom is -0.327 e. The summed E-state index contributed by atoms with van der Waals surface area (Å²) in [6.07, 6.45) is 5.37. The van der Waals surface area contributed by atoms with Crippen LogP contribution in [0.25, 0.3) is 0 Å².